The van der Waals surface area contributed by atoms with Gasteiger partial charge in [0.25, 0.3) is 0 Å². The molecule has 4 heteroatoms. The van der Waals surface area contributed by atoms with E-state index >= 15 is 0 Å². The molecule has 21 heavy (non-hydrogen) atoms. The van der Waals surface area contributed by atoms with Gasteiger partial charge >= 0.3 is 0 Å². The van der Waals surface area contributed by atoms with E-state index in [0.29, 0.717) is 12.3 Å². The molecule has 1 saturated heterocycles. The van der Waals surface area contributed by atoms with Gasteiger partial charge < -0.3 is 15.4 Å². The molecule has 1 amide bonds. The molecule has 1 fully saturated rings. The zero-order valence-electron chi connectivity index (χ0n) is 12.8. The summed E-state index contributed by atoms with van der Waals surface area (Å²) in [5.41, 5.74) is 7.17. The maximum absolute atomic E-state index is 12.4. The molecule has 1 aliphatic heterocycles. The molecule has 0 radical (unpaired) electrons. The third-order valence-corrected chi connectivity index (χ3v) is 4.05. The fraction of sp³-hybridized carbons (Fsp3) is 0.588. The molecule has 116 valence electrons. The molecular weight excluding hydrogens is 264 g/mol. The van der Waals surface area contributed by atoms with Crippen molar-refractivity contribution >= 4 is 5.91 Å². The average Bonchev–Trinajstić information content (AvgIpc) is 2.54. The first-order valence-corrected chi connectivity index (χ1v) is 7.86. The molecule has 1 aromatic rings. The van der Waals surface area contributed by atoms with E-state index in [1.165, 1.54) is 0 Å². The Morgan fingerprint density at radius 2 is 2.19 bits per heavy atom. The summed E-state index contributed by atoms with van der Waals surface area (Å²) in [5, 5.41) is 0. The molecule has 0 spiro atoms. The van der Waals surface area contributed by atoms with E-state index in [0.717, 1.165) is 44.7 Å². The van der Waals surface area contributed by atoms with Crippen LogP contribution in [0, 0.1) is 5.92 Å². The highest BCUT2D eigenvalue weighted by Crippen LogP contribution is 2.20. The number of rotatable bonds is 6. The van der Waals surface area contributed by atoms with Crippen molar-refractivity contribution < 1.29 is 9.53 Å². The predicted molar refractivity (Wildman–Crippen MR) is 83.8 cm³/mol. The van der Waals surface area contributed by atoms with Crippen LogP contribution in [0.5, 0.6) is 0 Å². The first-order chi connectivity index (χ1) is 10.2. The first kappa shape index (κ1) is 16.0. The number of carbonyl (C=O) groups is 1. The summed E-state index contributed by atoms with van der Waals surface area (Å²) < 4.78 is 5.49. The van der Waals surface area contributed by atoms with Gasteiger partial charge in [-0.1, -0.05) is 30.3 Å². The molecular formula is C17H26N2O2. The minimum atomic E-state index is -0.217. The molecule has 0 bridgehead atoms. The van der Waals surface area contributed by atoms with Gasteiger partial charge in [-0.25, -0.2) is 0 Å². The summed E-state index contributed by atoms with van der Waals surface area (Å²) >= 11 is 0. The van der Waals surface area contributed by atoms with Gasteiger partial charge in [0.15, 0.2) is 0 Å². The largest absolute Gasteiger partial charge is 0.381 e. The summed E-state index contributed by atoms with van der Waals surface area (Å²) in [7, 11) is 0. The molecule has 0 saturated carbocycles. The van der Waals surface area contributed by atoms with Gasteiger partial charge in [0.05, 0.1) is 6.61 Å². The van der Waals surface area contributed by atoms with Crippen LogP contribution >= 0.6 is 0 Å². The number of hydrogen-bond donors (Lipinski definition) is 1. The van der Waals surface area contributed by atoms with Crippen molar-refractivity contribution in [3.05, 3.63) is 35.9 Å². The lowest BCUT2D eigenvalue weighted by Gasteiger charge is -2.33. The second-order valence-electron chi connectivity index (χ2n) is 5.73. The van der Waals surface area contributed by atoms with Crippen LogP contribution in [-0.4, -0.2) is 37.1 Å². The van der Waals surface area contributed by atoms with E-state index in [-0.39, 0.29) is 11.9 Å². The van der Waals surface area contributed by atoms with Crippen molar-refractivity contribution in [3.8, 4) is 0 Å². The van der Waals surface area contributed by atoms with E-state index in [1.807, 2.05) is 42.2 Å². The standard InChI is InChI=1S/C17H26N2O2/c1-2-21-13-14-7-6-10-19(12-14)17(20)11-16(18)15-8-4-3-5-9-15/h3-5,8-9,14,16H,2,6-7,10-13,18H2,1H3. The Morgan fingerprint density at radius 1 is 1.43 bits per heavy atom. The van der Waals surface area contributed by atoms with Crippen molar-refractivity contribution in [1.82, 2.24) is 4.90 Å². The number of nitrogens with two attached hydrogens (primary N) is 1. The van der Waals surface area contributed by atoms with Gasteiger partial charge in [0.2, 0.25) is 5.91 Å². The molecule has 0 aliphatic carbocycles. The first-order valence-electron chi connectivity index (χ1n) is 7.86. The minimum Gasteiger partial charge on any atom is -0.381 e. The van der Waals surface area contributed by atoms with Gasteiger partial charge in [-0.15, -0.1) is 0 Å². The highest BCUT2D eigenvalue weighted by molar-refractivity contribution is 5.77. The molecule has 2 rings (SSSR count). The molecule has 1 aliphatic rings. The van der Waals surface area contributed by atoms with Crippen LogP contribution in [0.3, 0.4) is 0 Å². The summed E-state index contributed by atoms with van der Waals surface area (Å²) in [5.74, 6) is 0.628. The third-order valence-electron chi connectivity index (χ3n) is 4.05. The predicted octanol–water partition coefficient (Wildman–Crippen LogP) is 2.35. The zero-order chi connectivity index (χ0) is 15.1. The van der Waals surface area contributed by atoms with Crippen molar-refractivity contribution in [2.75, 3.05) is 26.3 Å². The van der Waals surface area contributed by atoms with Crippen molar-refractivity contribution in [1.29, 1.82) is 0 Å². The lowest BCUT2D eigenvalue weighted by molar-refractivity contribution is -0.133. The smallest absolute Gasteiger partial charge is 0.224 e. The lowest BCUT2D eigenvalue weighted by atomic mass is 9.97. The lowest BCUT2D eigenvalue weighted by Crippen LogP contribution is -2.42. The summed E-state index contributed by atoms with van der Waals surface area (Å²) in [6.45, 7) is 5.16. The van der Waals surface area contributed by atoms with E-state index in [9.17, 15) is 4.79 Å². The van der Waals surface area contributed by atoms with Crippen LogP contribution in [-0.2, 0) is 9.53 Å². The third kappa shape index (κ3) is 4.83. The van der Waals surface area contributed by atoms with E-state index in [2.05, 4.69) is 0 Å². The molecule has 1 heterocycles. The Labute approximate surface area is 127 Å². The van der Waals surface area contributed by atoms with E-state index in [4.69, 9.17) is 10.5 Å². The number of piperidine rings is 1. The normalized spacial score (nSPS) is 20.3. The van der Waals surface area contributed by atoms with Gasteiger partial charge in [0, 0.05) is 32.2 Å². The average molecular weight is 290 g/mol. The highest BCUT2D eigenvalue weighted by atomic mass is 16.5. The molecule has 4 nitrogen and oxygen atoms in total. The Hall–Kier alpha value is -1.39. The number of hydrogen-bond acceptors (Lipinski definition) is 3. The summed E-state index contributed by atoms with van der Waals surface area (Å²) in [6, 6.07) is 9.61. The zero-order valence-corrected chi connectivity index (χ0v) is 12.8. The number of benzene rings is 1. The molecule has 0 aromatic heterocycles. The van der Waals surface area contributed by atoms with Gasteiger partial charge in [0.1, 0.15) is 0 Å². The second-order valence-corrected chi connectivity index (χ2v) is 5.73. The minimum absolute atomic E-state index is 0.160. The van der Waals surface area contributed by atoms with Crippen molar-refractivity contribution in [2.24, 2.45) is 11.7 Å². The Bertz CT molecular complexity index is 436. The molecule has 2 atom stereocenters. The number of nitrogens with zero attached hydrogens (tertiary/aromatic N) is 1. The van der Waals surface area contributed by atoms with E-state index < -0.39 is 0 Å². The van der Waals surface area contributed by atoms with Crippen LogP contribution in [0.25, 0.3) is 0 Å². The van der Waals surface area contributed by atoms with Crippen molar-refractivity contribution in [3.63, 3.8) is 0 Å². The van der Waals surface area contributed by atoms with Crippen molar-refractivity contribution in [2.45, 2.75) is 32.2 Å². The number of ether oxygens (including phenoxy) is 1. The Balaban J connectivity index is 1.85. The number of likely N-dealkylation sites (tertiary alicyclic amines) is 1. The number of carbonyl (C=O) groups excluding carboxylic acids is 1. The van der Waals surface area contributed by atoms with Gasteiger partial charge in [-0.2, -0.15) is 0 Å². The highest BCUT2D eigenvalue weighted by Gasteiger charge is 2.25. The topological polar surface area (TPSA) is 55.6 Å². The molecule has 2 unspecified atom stereocenters. The second kappa shape index (κ2) is 8.15. The molecule has 2 N–H and O–H groups in total. The van der Waals surface area contributed by atoms with Crippen LogP contribution in [0.2, 0.25) is 0 Å². The maximum Gasteiger partial charge on any atom is 0.224 e. The fourth-order valence-corrected chi connectivity index (χ4v) is 2.85. The van der Waals surface area contributed by atoms with Crippen LogP contribution in [0.1, 0.15) is 37.8 Å². The SMILES string of the molecule is CCOCC1CCCN(C(=O)CC(N)c2ccccc2)C1. The summed E-state index contributed by atoms with van der Waals surface area (Å²) in [6.07, 6.45) is 2.59. The monoisotopic (exact) mass is 290 g/mol. The molecule has 1 aromatic carbocycles. The fourth-order valence-electron chi connectivity index (χ4n) is 2.85. The Morgan fingerprint density at radius 3 is 2.90 bits per heavy atom. The Kier molecular flexibility index (Phi) is 6.21. The number of amides is 1. The van der Waals surface area contributed by atoms with Crippen LogP contribution in [0.15, 0.2) is 30.3 Å². The van der Waals surface area contributed by atoms with Gasteiger partial charge in [-0.05, 0) is 31.2 Å². The van der Waals surface area contributed by atoms with E-state index in [1.54, 1.807) is 0 Å². The van der Waals surface area contributed by atoms with Crippen LogP contribution < -0.4 is 5.73 Å². The maximum atomic E-state index is 12.4. The van der Waals surface area contributed by atoms with Gasteiger partial charge in [-0.3, -0.25) is 4.79 Å². The quantitative estimate of drug-likeness (QED) is 0.875. The van der Waals surface area contributed by atoms with Crippen LogP contribution in [0.4, 0.5) is 0 Å². The summed E-state index contributed by atoms with van der Waals surface area (Å²) in [4.78, 5) is 14.4.